The van der Waals surface area contributed by atoms with Crippen LogP contribution in [0.1, 0.15) is 32.2 Å². The molecular weight excluding hydrogens is 286 g/mol. The lowest BCUT2D eigenvalue weighted by Gasteiger charge is -2.20. The van der Waals surface area contributed by atoms with Crippen LogP contribution < -0.4 is 5.32 Å². The monoisotopic (exact) mass is 307 g/mol. The van der Waals surface area contributed by atoms with Crippen molar-refractivity contribution in [3.63, 3.8) is 0 Å². The number of aromatic nitrogens is 2. The maximum Gasteiger partial charge on any atom is 0.148 e. The van der Waals surface area contributed by atoms with Crippen LogP contribution in [-0.4, -0.2) is 32.5 Å². The van der Waals surface area contributed by atoms with Crippen molar-refractivity contribution in [1.82, 2.24) is 15.5 Å². The van der Waals surface area contributed by atoms with Gasteiger partial charge in [0.15, 0.2) is 0 Å². The summed E-state index contributed by atoms with van der Waals surface area (Å²) in [4.78, 5) is 0. The minimum Gasteiger partial charge on any atom is -0.508 e. The van der Waals surface area contributed by atoms with Crippen LogP contribution in [0, 0.1) is 0 Å². The van der Waals surface area contributed by atoms with Crippen molar-refractivity contribution >= 4 is 11.3 Å². The summed E-state index contributed by atoms with van der Waals surface area (Å²) in [6.45, 7) is 7.37. The predicted molar refractivity (Wildman–Crippen MR) is 84.8 cm³/mol. The van der Waals surface area contributed by atoms with E-state index in [1.54, 1.807) is 12.1 Å². The Morgan fingerprint density at radius 1 is 1.10 bits per heavy atom. The molecule has 1 aromatic heterocycles. The summed E-state index contributed by atoms with van der Waals surface area (Å²) >= 11 is 1.49. The van der Waals surface area contributed by atoms with Crippen LogP contribution >= 0.6 is 11.3 Å². The molecule has 0 radical (unpaired) electrons. The van der Waals surface area contributed by atoms with Gasteiger partial charge in [-0.2, -0.15) is 0 Å². The van der Waals surface area contributed by atoms with E-state index in [1.807, 2.05) is 0 Å². The second kappa shape index (κ2) is 6.41. The molecule has 0 bridgehead atoms. The van der Waals surface area contributed by atoms with Crippen molar-refractivity contribution in [3.05, 3.63) is 23.2 Å². The van der Waals surface area contributed by atoms with E-state index in [1.165, 1.54) is 17.4 Å². The van der Waals surface area contributed by atoms with Crippen LogP contribution in [0.25, 0.3) is 10.6 Å². The van der Waals surface area contributed by atoms with Gasteiger partial charge in [0.2, 0.25) is 0 Å². The fourth-order valence-corrected chi connectivity index (χ4v) is 2.76. The maximum atomic E-state index is 9.50. The van der Waals surface area contributed by atoms with Gasteiger partial charge in [0.25, 0.3) is 0 Å². The highest BCUT2D eigenvalue weighted by Gasteiger charge is 2.10. The molecule has 5 nitrogen and oxygen atoms in total. The summed E-state index contributed by atoms with van der Waals surface area (Å²) < 4.78 is 0. The first-order valence-electron chi connectivity index (χ1n) is 6.94. The Balaban J connectivity index is 1.95. The molecule has 0 atom stereocenters. The summed E-state index contributed by atoms with van der Waals surface area (Å²) in [6.07, 6.45) is 1.86. The lowest BCUT2D eigenvalue weighted by molar-refractivity contribution is 0.422. The lowest BCUT2D eigenvalue weighted by atomic mass is 10.1. The smallest absolute Gasteiger partial charge is 0.148 e. The first kappa shape index (κ1) is 15.7. The number of phenols is 2. The average molecular weight is 307 g/mol. The minimum absolute atomic E-state index is 0.0242. The van der Waals surface area contributed by atoms with Crippen LogP contribution in [-0.2, 0) is 6.42 Å². The van der Waals surface area contributed by atoms with E-state index >= 15 is 0 Å². The zero-order chi connectivity index (χ0) is 15.5. The number of phenolic OH excluding ortho intramolecular Hbond substituents is 2. The molecule has 0 spiro atoms. The van der Waals surface area contributed by atoms with Crippen molar-refractivity contribution in [3.8, 4) is 22.1 Å². The normalized spacial score (nSPS) is 11.8. The van der Waals surface area contributed by atoms with Crippen LogP contribution in [0.2, 0.25) is 0 Å². The Morgan fingerprint density at radius 3 is 2.38 bits per heavy atom. The number of rotatable bonds is 5. The summed E-state index contributed by atoms with van der Waals surface area (Å²) in [5.41, 5.74) is 0.815. The number of nitrogens with one attached hydrogen (secondary N) is 1. The molecule has 114 valence electrons. The molecule has 1 heterocycles. The summed E-state index contributed by atoms with van der Waals surface area (Å²) in [7, 11) is 0. The first-order chi connectivity index (χ1) is 9.83. The van der Waals surface area contributed by atoms with E-state index in [0.717, 1.165) is 24.4 Å². The molecule has 3 N–H and O–H groups in total. The van der Waals surface area contributed by atoms with Crippen LogP contribution in [0.15, 0.2) is 18.2 Å². The van der Waals surface area contributed by atoms with E-state index < -0.39 is 0 Å². The number of nitrogens with zero attached hydrogens (tertiary/aromatic N) is 2. The van der Waals surface area contributed by atoms with Crippen LogP contribution in [0.5, 0.6) is 11.5 Å². The zero-order valence-corrected chi connectivity index (χ0v) is 13.4. The Bertz CT molecular complexity index is 585. The van der Waals surface area contributed by atoms with Crippen LogP contribution in [0.4, 0.5) is 0 Å². The molecule has 0 saturated heterocycles. The van der Waals surface area contributed by atoms with Gasteiger partial charge in [0.1, 0.15) is 21.5 Å². The second-order valence-electron chi connectivity index (χ2n) is 6.02. The van der Waals surface area contributed by atoms with Gasteiger partial charge in [-0.1, -0.05) is 11.3 Å². The largest absolute Gasteiger partial charge is 0.508 e. The molecular formula is C15H21N3O2S. The summed E-state index contributed by atoms with van der Waals surface area (Å²) in [5.74, 6) is 0.0484. The Kier molecular flexibility index (Phi) is 4.80. The highest BCUT2D eigenvalue weighted by Crippen LogP contribution is 2.30. The molecule has 0 fully saturated rings. The molecule has 6 heteroatoms. The number of hydrogen-bond donors (Lipinski definition) is 3. The Morgan fingerprint density at radius 2 is 1.76 bits per heavy atom. The molecule has 0 aliphatic heterocycles. The van der Waals surface area contributed by atoms with Crippen molar-refractivity contribution in [2.45, 2.75) is 39.2 Å². The number of hydrogen-bond acceptors (Lipinski definition) is 6. The molecule has 0 aliphatic rings. The van der Waals surface area contributed by atoms with Gasteiger partial charge in [0, 0.05) is 23.6 Å². The molecule has 2 rings (SSSR count). The van der Waals surface area contributed by atoms with Gasteiger partial charge in [-0.15, -0.1) is 10.2 Å². The van der Waals surface area contributed by atoms with Gasteiger partial charge in [-0.3, -0.25) is 0 Å². The molecule has 0 amide bonds. The quantitative estimate of drug-likeness (QED) is 0.740. The number of benzene rings is 1. The Labute approximate surface area is 128 Å². The van der Waals surface area contributed by atoms with Crippen molar-refractivity contribution in [2.24, 2.45) is 0 Å². The van der Waals surface area contributed by atoms with Gasteiger partial charge in [-0.25, -0.2) is 0 Å². The van der Waals surface area contributed by atoms with Crippen molar-refractivity contribution in [1.29, 1.82) is 0 Å². The third-order valence-electron chi connectivity index (χ3n) is 2.84. The van der Waals surface area contributed by atoms with E-state index in [9.17, 15) is 10.2 Å². The standard InChI is InChI=1S/C15H21N3O2S/c1-15(2,3)16-6-4-5-13-17-18-14(21-13)10-7-11(19)9-12(20)8-10/h7-9,16,19-20H,4-6H2,1-3H3. The van der Waals surface area contributed by atoms with Gasteiger partial charge >= 0.3 is 0 Å². The third-order valence-corrected chi connectivity index (χ3v) is 3.87. The van der Waals surface area contributed by atoms with E-state index in [4.69, 9.17) is 0 Å². The highest BCUT2D eigenvalue weighted by atomic mass is 32.1. The summed E-state index contributed by atoms with van der Waals surface area (Å²) in [6, 6.07) is 4.44. The molecule has 2 aromatic rings. The van der Waals surface area contributed by atoms with Crippen molar-refractivity contribution < 1.29 is 10.2 Å². The molecule has 21 heavy (non-hydrogen) atoms. The van der Waals surface area contributed by atoms with E-state index in [2.05, 4.69) is 36.3 Å². The topological polar surface area (TPSA) is 78.3 Å². The minimum atomic E-state index is 0.0242. The van der Waals surface area contributed by atoms with Crippen molar-refractivity contribution in [2.75, 3.05) is 6.54 Å². The van der Waals surface area contributed by atoms with E-state index in [-0.39, 0.29) is 17.0 Å². The second-order valence-corrected chi connectivity index (χ2v) is 7.08. The third kappa shape index (κ3) is 4.99. The van der Waals surface area contributed by atoms with E-state index in [0.29, 0.717) is 10.6 Å². The summed E-state index contributed by atoms with van der Waals surface area (Å²) in [5, 5.41) is 32.4. The predicted octanol–water partition coefficient (Wildman–Crippen LogP) is 2.94. The molecule has 0 unspecified atom stereocenters. The number of aryl methyl sites for hydroxylation is 1. The lowest BCUT2D eigenvalue weighted by Crippen LogP contribution is -2.36. The maximum absolute atomic E-state index is 9.50. The van der Waals surface area contributed by atoms with Crippen LogP contribution in [0.3, 0.4) is 0 Å². The SMILES string of the molecule is CC(C)(C)NCCCc1nnc(-c2cc(O)cc(O)c2)s1. The molecule has 0 saturated carbocycles. The number of aromatic hydroxyl groups is 2. The average Bonchev–Trinajstić information content (AvgIpc) is 2.81. The zero-order valence-electron chi connectivity index (χ0n) is 12.6. The Hall–Kier alpha value is -1.66. The highest BCUT2D eigenvalue weighted by molar-refractivity contribution is 7.14. The van der Waals surface area contributed by atoms with Gasteiger partial charge < -0.3 is 15.5 Å². The van der Waals surface area contributed by atoms with Gasteiger partial charge in [0.05, 0.1) is 0 Å². The molecule has 0 aliphatic carbocycles. The first-order valence-corrected chi connectivity index (χ1v) is 7.76. The van der Waals surface area contributed by atoms with Gasteiger partial charge in [-0.05, 0) is 45.9 Å². The fourth-order valence-electron chi connectivity index (χ4n) is 1.89. The molecule has 1 aromatic carbocycles. The fraction of sp³-hybridized carbons (Fsp3) is 0.467.